The third-order valence-electron chi connectivity index (χ3n) is 3.92. The quantitative estimate of drug-likeness (QED) is 0.837. The molecule has 1 N–H and O–H groups in total. The van der Waals surface area contributed by atoms with Crippen molar-refractivity contribution < 1.29 is 4.74 Å². The fourth-order valence-corrected chi connectivity index (χ4v) is 2.81. The average molecular weight is 258 g/mol. The highest BCUT2D eigenvalue weighted by molar-refractivity contribution is 5.17. The zero-order valence-electron chi connectivity index (χ0n) is 11.3. The molecule has 0 unspecified atom stereocenters. The molecular formula is C16H22N2O. The molecule has 1 atom stereocenters. The molecule has 2 heterocycles. The molecule has 19 heavy (non-hydrogen) atoms. The Morgan fingerprint density at radius 1 is 1.26 bits per heavy atom. The second-order valence-corrected chi connectivity index (χ2v) is 5.31. The highest BCUT2D eigenvalue weighted by Gasteiger charge is 2.21. The molecule has 0 radical (unpaired) electrons. The van der Waals surface area contributed by atoms with Gasteiger partial charge in [0.2, 0.25) is 0 Å². The largest absolute Gasteiger partial charge is 0.371 e. The van der Waals surface area contributed by atoms with Crippen LogP contribution in [-0.4, -0.2) is 43.8 Å². The van der Waals surface area contributed by atoms with E-state index >= 15 is 0 Å². The Morgan fingerprint density at radius 2 is 2.16 bits per heavy atom. The molecule has 3 rings (SSSR count). The summed E-state index contributed by atoms with van der Waals surface area (Å²) in [6.45, 7) is 6.04. The lowest BCUT2D eigenvalue weighted by Gasteiger charge is -2.32. The molecule has 0 bridgehead atoms. The van der Waals surface area contributed by atoms with Crippen LogP contribution in [0.2, 0.25) is 0 Å². The predicted octanol–water partition coefficient (Wildman–Crippen LogP) is 1.81. The molecular weight excluding hydrogens is 236 g/mol. The van der Waals surface area contributed by atoms with Gasteiger partial charge in [-0.3, -0.25) is 4.90 Å². The molecule has 2 aliphatic heterocycles. The van der Waals surface area contributed by atoms with Crippen molar-refractivity contribution in [1.29, 1.82) is 0 Å². The Hall–Kier alpha value is -1.16. The molecule has 102 valence electrons. The van der Waals surface area contributed by atoms with E-state index in [1.165, 1.54) is 11.1 Å². The van der Waals surface area contributed by atoms with Crippen molar-refractivity contribution >= 4 is 0 Å². The lowest BCUT2D eigenvalue weighted by Crippen LogP contribution is -2.41. The van der Waals surface area contributed by atoms with Gasteiger partial charge in [-0.25, -0.2) is 0 Å². The summed E-state index contributed by atoms with van der Waals surface area (Å²) in [5.74, 6) is 0. The van der Waals surface area contributed by atoms with Gasteiger partial charge >= 0.3 is 0 Å². The Kier molecular flexibility index (Phi) is 4.28. The predicted molar refractivity (Wildman–Crippen MR) is 77.0 cm³/mol. The van der Waals surface area contributed by atoms with Gasteiger partial charge in [0.15, 0.2) is 0 Å². The molecule has 1 aromatic carbocycles. The van der Waals surface area contributed by atoms with Crippen LogP contribution in [0, 0.1) is 0 Å². The molecule has 0 aliphatic carbocycles. The molecule has 2 aliphatic rings. The Balaban J connectivity index is 1.54. The zero-order valence-corrected chi connectivity index (χ0v) is 11.3. The highest BCUT2D eigenvalue weighted by atomic mass is 16.5. The Labute approximate surface area is 115 Å². The van der Waals surface area contributed by atoms with Crippen LogP contribution in [0.3, 0.4) is 0 Å². The summed E-state index contributed by atoms with van der Waals surface area (Å²) in [5, 5.41) is 3.40. The first kappa shape index (κ1) is 12.9. The topological polar surface area (TPSA) is 24.5 Å². The first-order valence-electron chi connectivity index (χ1n) is 7.19. The summed E-state index contributed by atoms with van der Waals surface area (Å²) in [4.78, 5) is 2.50. The van der Waals surface area contributed by atoms with Gasteiger partial charge in [0.1, 0.15) is 0 Å². The molecule has 0 aromatic heterocycles. The van der Waals surface area contributed by atoms with E-state index in [0.29, 0.717) is 6.10 Å². The van der Waals surface area contributed by atoms with Gasteiger partial charge in [-0.05, 0) is 17.6 Å². The number of hydrogen-bond donors (Lipinski definition) is 1. The summed E-state index contributed by atoms with van der Waals surface area (Å²) >= 11 is 0. The summed E-state index contributed by atoms with van der Waals surface area (Å²) in [7, 11) is 0. The molecule has 0 spiro atoms. The maximum atomic E-state index is 5.82. The van der Waals surface area contributed by atoms with Crippen molar-refractivity contribution in [3.8, 4) is 0 Å². The van der Waals surface area contributed by atoms with Crippen molar-refractivity contribution in [3.63, 3.8) is 0 Å². The van der Waals surface area contributed by atoms with Crippen molar-refractivity contribution in [2.75, 3.05) is 32.8 Å². The van der Waals surface area contributed by atoms with Gasteiger partial charge in [-0.2, -0.15) is 0 Å². The van der Waals surface area contributed by atoms with E-state index < -0.39 is 0 Å². The van der Waals surface area contributed by atoms with Crippen molar-refractivity contribution in [1.82, 2.24) is 10.2 Å². The van der Waals surface area contributed by atoms with Crippen molar-refractivity contribution in [2.24, 2.45) is 0 Å². The number of rotatable bonds is 3. The fourth-order valence-electron chi connectivity index (χ4n) is 2.81. The summed E-state index contributed by atoms with van der Waals surface area (Å²) in [5.41, 5.74) is 2.88. The molecule has 0 saturated carbocycles. The maximum Gasteiger partial charge on any atom is 0.0910 e. The summed E-state index contributed by atoms with van der Waals surface area (Å²) in [6, 6.07) is 10.7. The van der Waals surface area contributed by atoms with Crippen LogP contribution in [0.1, 0.15) is 12.0 Å². The lowest BCUT2D eigenvalue weighted by atomic mass is 10.0. The normalized spacial score (nSPS) is 25.1. The van der Waals surface area contributed by atoms with Gasteiger partial charge in [0.05, 0.1) is 12.7 Å². The van der Waals surface area contributed by atoms with E-state index in [9.17, 15) is 0 Å². The molecule has 1 saturated heterocycles. The minimum absolute atomic E-state index is 0.313. The monoisotopic (exact) mass is 258 g/mol. The van der Waals surface area contributed by atoms with E-state index in [1.807, 2.05) is 0 Å². The molecule has 3 heteroatoms. The highest BCUT2D eigenvalue weighted by Crippen LogP contribution is 2.19. The first-order chi connectivity index (χ1) is 9.42. The van der Waals surface area contributed by atoms with E-state index in [1.54, 1.807) is 0 Å². The standard InChI is InChI=1S/C16H22N2O/c1-2-4-14(5-3-1)13-18-9-6-15(7-10-18)16-12-17-8-11-19-16/h1-6,16-17H,7-13H2/t16-/m1/s1. The maximum absolute atomic E-state index is 5.82. The van der Waals surface area contributed by atoms with Crippen molar-refractivity contribution in [3.05, 3.63) is 47.5 Å². The van der Waals surface area contributed by atoms with Crippen LogP contribution in [-0.2, 0) is 11.3 Å². The molecule has 3 nitrogen and oxygen atoms in total. The number of nitrogens with one attached hydrogen (secondary N) is 1. The van der Waals surface area contributed by atoms with Crippen LogP contribution in [0.4, 0.5) is 0 Å². The van der Waals surface area contributed by atoms with Gasteiger partial charge < -0.3 is 10.1 Å². The third-order valence-corrected chi connectivity index (χ3v) is 3.92. The van der Waals surface area contributed by atoms with E-state index in [0.717, 1.165) is 45.8 Å². The van der Waals surface area contributed by atoms with E-state index in [4.69, 9.17) is 4.74 Å². The number of benzene rings is 1. The minimum Gasteiger partial charge on any atom is -0.371 e. The molecule has 1 aromatic rings. The number of nitrogens with zero attached hydrogens (tertiary/aromatic N) is 1. The summed E-state index contributed by atoms with van der Waals surface area (Å²) < 4.78 is 5.82. The van der Waals surface area contributed by atoms with Crippen LogP contribution < -0.4 is 5.32 Å². The zero-order chi connectivity index (χ0) is 12.9. The van der Waals surface area contributed by atoms with Gasteiger partial charge in [-0.1, -0.05) is 36.4 Å². The van der Waals surface area contributed by atoms with E-state index in [2.05, 4.69) is 46.6 Å². The molecule has 1 fully saturated rings. The molecule has 0 amide bonds. The van der Waals surface area contributed by atoms with E-state index in [-0.39, 0.29) is 0 Å². The van der Waals surface area contributed by atoms with Crippen molar-refractivity contribution in [2.45, 2.75) is 19.1 Å². The number of hydrogen-bond acceptors (Lipinski definition) is 3. The van der Waals surface area contributed by atoms with Crippen LogP contribution in [0.5, 0.6) is 0 Å². The SMILES string of the molecule is C1=C([C@H]2CNCCO2)CCN(Cc2ccccc2)C1. The van der Waals surface area contributed by atoms with Gasteiger partial charge in [-0.15, -0.1) is 0 Å². The minimum atomic E-state index is 0.313. The lowest BCUT2D eigenvalue weighted by molar-refractivity contribution is 0.0470. The van der Waals surface area contributed by atoms with Crippen LogP contribution >= 0.6 is 0 Å². The third kappa shape index (κ3) is 3.44. The van der Waals surface area contributed by atoms with Crippen LogP contribution in [0.25, 0.3) is 0 Å². The Morgan fingerprint density at radius 3 is 2.84 bits per heavy atom. The number of morpholine rings is 1. The summed E-state index contributed by atoms with van der Waals surface area (Å²) in [6.07, 6.45) is 3.82. The van der Waals surface area contributed by atoms with Gasteiger partial charge in [0.25, 0.3) is 0 Å². The fraction of sp³-hybridized carbons (Fsp3) is 0.500. The Bertz CT molecular complexity index is 424. The van der Waals surface area contributed by atoms with Crippen LogP contribution in [0.15, 0.2) is 42.0 Å². The average Bonchev–Trinajstić information content (AvgIpc) is 2.50. The smallest absolute Gasteiger partial charge is 0.0910 e. The number of ether oxygens (including phenoxy) is 1. The van der Waals surface area contributed by atoms with Gasteiger partial charge in [0, 0.05) is 32.7 Å². The second kappa shape index (κ2) is 6.33. The second-order valence-electron chi connectivity index (χ2n) is 5.31. The first-order valence-corrected chi connectivity index (χ1v) is 7.19.